The van der Waals surface area contributed by atoms with Crippen molar-refractivity contribution in [1.82, 2.24) is 14.5 Å². The number of carbonyl (C=O) groups excluding carboxylic acids is 2. The first-order valence-corrected chi connectivity index (χ1v) is 11.6. The van der Waals surface area contributed by atoms with E-state index in [0.717, 1.165) is 5.56 Å². The second kappa shape index (κ2) is 9.29. The number of imidazole rings is 1. The minimum Gasteiger partial charge on any atom is -0.507 e. The maximum atomic E-state index is 13.2. The lowest BCUT2D eigenvalue weighted by atomic mass is 9.94. The van der Waals surface area contributed by atoms with Crippen LogP contribution in [0.1, 0.15) is 36.1 Å². The Morgan fingerprint density at radius 3 is 2.81 bits per heavy atom. The summed E-state index contributed by atoms with van der Waals surface area (Å²) in [6.07, 6.45) is 6.28. The lowest BCUT2D eigenvalue weighted by molar-refractivity contribution is -0.384. The summed E-state index contributed by atoms with van der Waals surface area (Å²) in [6.45, 7) is 2.72. The van der Waals surface area contributed by atoms with Crippen LogP contribution < -0.4 is 4.74 Å². The lowest BCUT2D eigenvalue weighted by Gasteiger charge is -2.25. The number of Topliss-reactive ketones (excluding diaryl/α,β-unsaturated/α-hetero) is 1. The van der Waals surface area contributed by atoms with Gasteiger partial charge in [-0.1, -0.05) is 12.1 Å². The van der Waals surface area contributed by atoms with E-state index in [-0.39, 0.29) is 29.7 Å². The van der Waals surface area contributed by atoms with Crippen LogP contribution >= 0.6 is 0 Å². The van der Waals surface area contributed by atoms with Crippen molar-refractivity contribution in [2.24, 2.45) is 0 Å². The molecular formula is C26H24N4O6. The van der Waals surface area contributed by atoms with Gasteiger partial charge >= 0.3 is 0 Å². The average molecular weight is 489 g/mol. The standard InChI is InChI=1S/C26H24N4O6/c1-16-12-19-13-18(6-7-21(19)36-16)24(31)22-23(17-4-2-5-20(14-17)30(34)35)29(26(33)25(22)32)10-3-9-28-11-8-27-15-28/h2,4-8,11,13-16,23,31H,3,9-10,12H2,1H3/b24-22+/t16-,23-/m0/s1. The van der Waals surface area contributed by atoms with Gasteiger partial charge in [0.15, 0.2) is 0 Å². The van der Waals surface area contributed by atoms with Crippen LogP contribution in [0.15, 0.2) is 66.8 Å². The predicted molar refractivity (Wildman–Crippen MR) is 129 cm³/mol. The largest absolute Gasteiger partial charge is 0.507 e. The minimum atomic E-state index is -0.962. The molecule has 0 radical (unpaired) electrons. The zero-order chi connectivity index (χ0) is 25.4. The molecule has 1 saturated heterocycles. The molecule has 2 aromatic carbocycles. The van der Waals surface area contributed by atoms with Crippen molar-refractivity contribution in [3.8, 4) is 5.75 Å². The second-order valence-corrected chi connectivity index (χ2v) is 8.95. The molecule has 1 fully saturated rings. The summed E-state index contributed by atoms with van der Waals surface area (Å²) in [5.41, 5.74) is 1.41. The first-order valence-electron chi connectivity index (χ1n) is 11.6. The molecule has 0 bridgehead atoms. The summed E-state index contributed by atoms with van der Waals surface area (Å²) < 4.78 is 7.58. The van der Waals surface area contributed by atoms with E-state index in [0.29, 0.717) is 36.3 Å². The number of nitrogens with zero attached hydrogens (tertiary/aromatic N) is 4. The third kappa shape index (κ3) is 4.21. The van der Waals surface area contributed by atoms with E-state index >= 15 is 0 Å². The van der Waals surface area contributed by atoms with Gasteiger partial charge in [0, 0.05) is 49.6 Å². The van der Waals surface area contributed by atoms with Crippen molar-refractivity contribution >= 4 is 23.1 Å². The Labute approximate surface area is 206 Å². The summed E-state index contributed by atoms with van der Waals surface area (Å²) in [7, 11) is 0. The summed E-state index contributed by atoms with van der Waals surface area (Å²) >= 11 is 0. The van der Waals surface area contributed by atoms with E-state index in [9.17, 15) is 24.8 Å². The van der Waals surface area contributed by atoms with Gasteiger partial charge in [-0.2, -0.15) is 0 Å². The van der Waals surface area contributed by atoms with Gasteiger partial charge in [0.2, 0.25) is 0 Å². The van der Waals surface area contributed by atoms with E-state index in [4.69, 9.17) is 4.74 Å². The minimum absolute atomic E-state index is 0.00309. The average Bonchev–Trinajstić information content (AvgIpc) is 3.57. The number of hydrogen-bond donors (Lipinski definition) is 1. The first-order chi connectivity index (χ1) is 17.3. The van der Waals surface area contributed by atoms with Crippen LogP contribution in [0.2, 0.25) is 0 Å². The maximum absolute atomic E-state index is 13.2. The molecule has 3 heterocycles. The molecule has 0 unspecified atom stereocenters. The van der Waals surface area contributed by atoms with E-state index < -0.39 is 22.7 Å². The highest BCUT2D eigenvalue weighted by Gasteiger charge is 2.46. The van der Waals surface area contributed by atoms with E-state index in [2.05, 4.69) is 4.98 Å². The topological polar surface area (TPSA) is 128 Å². The second-order valence-electron chi connectivity index (χ2n) is 8.95. The fourth-order valence-electron chi connectivity index (χ4n) is 4.83. The number of hydrogen-bond acceptors (Lipinski definition) is 7. The zero-order valence-corrected chi connectivity index (χ0v) is 19.5. The van der Waals surface area contributed by atoms with Crippen molar-refractivity contribution in [3.63, 3.8) is 0 Å². The molecule has 36 heavy (non-hydrogen) atoms. The molecule has 1 amide bonds. The summed E-state index contributed by atoms with van der Waals surface area (Å²) in [6, 6.07) is 9.98. The Hall–Kier alpha value is -4.47. The number of aliphatic hydroxyl groups excluding tert-OH is 1. The molecule has 10 nitrogen and oxygen atoms in total. The molecule has 1 aromatic heterocycles. The number of nitro benzene ring substituents is 1. The van der Waals surface area contributed by atoms with Crippen molar-refractivity contribution in [2.75, 3.05) is 6.54 Å². The molecular weight excluding hydrogens is 464 g/mol. The van der Waals surface area contributed by atoms with Gasteiger partial charge < -0.3 is 19.3 Å². The van der Waals surface area contributed by atoms with Gasteiger partial charge in [-0.25, -0.2) is 4.98 Å². The fraction of sp³-hybridized carbons (Fsp3) is 0.269. The Morgan fingerprint density at radius 2 is 2.06 bits per heavy atom. The van der Waals surface area contributed by atoms with Gasteiger partial charge in [-0.3, -0.25) is 19.7 Å². The summed E-state index contributed by atoms with van der Waals surface area (Å²) in [4.78, 5) is 42.6. The molecule has 2 atom stereocenters. The van der Waals surface area contributed by atoms with Crippen molar-refractivity contribution < 1.29 is 24.4 Å². The van der Waals surface area contributed by atoms with Crippen LogP contribution in [0.3, 0.4) is 0 Å². The normalized spacial score (nSPS) is 20.4. The van der Waals surface area contributed by atoms with Crippen molar-refractivity contribution in [1.29, 1.82) is 0 Å². The summed E-state index contributed by atoms with van der Waals surface area (Å²) in [5, 5.41) is 22.7. The van der Waals surface area contributed by atoms with Gasteiger partial charge in [-0.05, 0) is 42.7 Å². The number of ether oxygens (including phenoxy) is 1. The maximum Gasteiger partial charge on any atom is 0.295 e. The van der Waals surface area contributed by atoms with E-state index in [1.807, 2.05) is 11.5 Å². The van der Waals surface area contributed by atoms with Crippen LogP contribution in [-0.4, -0.2) is 48.8 Å². The van der Waals surface area contributed by atoms with Crippen LogP contribution in [-0.2, 0) is 22.6 Å². The Balaban J connectivity index is 1.56. The van der Waals surface area contributed by atoms with Gasteiger partial charge in [0.05, 0.1) is 22.9 Å². The SMILES string of the molecule is C[C@H]1Cc2cc(/C(O)=C3\C(=O)C(=O)N(CCCn4ccnc4)[C@H]3c3cccc([N+](=O)[O-])c3)ccc2O1. The van der Waals surface area contributed by atoms with Crippen LogP contribution in [0.5, 0.6) is 5.75 Å². The van der Waals surface area contributed by atoms with Crippen LogP contribution in [0, 0.1) is 10.1 Å². The smallest absolute Gasteiger partial charge is 0.295 e. The number of amides is 1. The van der Waals surface area contributed by atoms with Gasteiger partial charge in [-0.15, -0.1) is 0 Å². The molecule has 0 aliphatic carbocycles. The van der Waals surface area contributed by atoms with Crippen LogP contribution in [0.25, 0.3) is 5.76 Å². The number of aromatic nitrogens is 2. The number of non-ortho nitro benzene ring substituents is 1. The van der Waals surface area contributed by atoms with Crippen molar-refractivity contribution in [2.45, 2.75) is 38.5 Å². The molecule has 184 valence electrons. The number of carbonyl (C=O) groups is 2. The number of aryl methyl sites for hydroxylation is 1. The number of fused-ring (bicyclic) bond motifs is 1. The molecule has 10 heteroatoms. The third-order valence-corrected chi connectivity index (χ3v) is 6.48. The summed E-state index contributed by atoms with van der Waals surface area (Å²) in [5.74, 6) is -1.17. The van der Waals surface area contributed by atoms with E-state index in [1.54, 1.807) is 43.0 Å². The number of aliphatic hydroxyl groups is 1. The van der Waals surface area contributed by atoms with Gasteiger partial charge in [0.1, 0.15) is 17.6 Å². The fourth-order valence-corrected chi connectivity index (χ4v) is 4.83. The van der Waals surface area contributed by atoms with E-state index in [1.165, 1.54) is 23.1 Å². The molecule has 3 aromatic rings. The Bertz CT molecular complexity index is 1380. The molecule has 0 saturated carbocycles. The first kappa shape index (κ1) is 23.3. The molecule has 1 N–H and O–H groups in total. The number of ketones is 1. The highest BCUT2D eigenvalue weighted by atomic mass is 16.6. The quantitative estimate of drug-likeness (QED) is 0.177. The predicted octanol–water partition coefficient (Wildman–Crippen LogP) is 3.63. The van der Waals surface area contributed by atoms with Gasteiger partial charge in [0.25, 0.3) is 17.4 Å². The highest BCUT2D eigenvalue weighted by Crippen LogP contribution is 2.41. The number of benzene rings is 2. The third-order valence-electron chi connectivity index (χ3n) is 6.48. The van der Waals surface area contributed by atoms with Crippen molar-refractivity contribution in [3.05, 3.63) is 93.6 Å². The number of likely N-dealkylation sites (tertiary alicyclic amines) is 1. The van der Waals surface area contributed by atoms with Crippen LogP contribution in [0.4, 0.5) is 5.69 Å². The number of rotatable bonds is 7. The molecule has 2 aliphatic heterocycles. The Morgan fingerprint density at radius 1 is 1.22 bits per heavy atom. The lowest BCUT2D eigenvalue weighted by Crippen LogP contribution is -2.31. The Kier molecular flexibility index (Phi) is 6.01. The zero-order valence-electron chi connectivity index (χ0n) is 19.5. The highest BCUT2D eigenvalue weighted by molar-refractivity contribution is 6.46. The molecule has 2 aliphatic rings. The molecule has 0 spiro atoms. The molecule has 5 rings (SSSR count). The monoisotopic (exact) mass is 488 g/mol. The number of nitro groups is 1.